The van der Waals surface area contributed by atoms with Crippen LogP contribution in [-0.2, 0) is 19.6 Å². The van der Waals surface area contributed by atoms with Gasteiger partial charge in [0.15, 0.2) is 0 Å². The first-order chi connectivity index (χ1) is 14.6. The lowest BCUT2D eigenvalue weighted by Gasteiger charge is -2.35. The Morgan fingerprint density at radius 2 is 1.71 bits per heavy atom. The van der Waals surface area contributed by atoms with Gasteiger partial charge in [0, 0.05) is 31.6 Å². The van der Waals surface area contributed by atoms with Gasteiger partial charge in [0.05, 0.1) is 11.9 Å². The monoisotopic (exact) mass is 446 g/mol. The Morgan fingerprint density at radius 1 is 1.06 bits per heavy atom. The van der Waals surface area contributed by atoms with E-state index in [4.69, 9.17) is 5.73 Å². The molecule has 3 aliphatic heterocycles. The molecule has 1 radical (unpaired) electrons. The molecule has 10 nitrogen and oxygen atoms in total. The van der Waals surface area contributed by atoms with Gasteiger partial charge in [-0.15, -0.1) is 4.40 Å². The van der Waals surface area contributed by atoms with Crippen molar-refractivity contribution >= 4 is 39.4 Å². The molecule has 0 unspecified atom stereocenters. The van der Waals surface area contributed by atoms with Crippen LogP contribution in [0.15, 0.2) is 28.7 Å². The summed E-state index contributed by atoms with van der Waals surface area (Å²) < 4.78 is 27.5. The largest absolute Gasteiger partial charge is 0.367 e. The maximum Gasteiger partial charge on any atom is 0.332 e. The molecular weight excluding hydrogens is 422 g/mol. The maximum atomic E-state index is 13.1. The van der Waals surface area contributed by atoms with Crippen LogP contribution in [-0.4, -0.2) is 73.3 Å². The Morgan fingerprint density at radius 3 is 2.26 bits per heavy atom. The van der Waals surface area contributed by atoms with Crippen molar-refractivity contribution in [3.63, 3.8) is 0 Å². The number of primary amides is 1. The third kappa shape index (κ3) is 3.56. The zero-order valence-corrected chi connectivity index (χ0v) is 18.0. The molecule has 11 heteroatoms. The minimum absolute atomic E-state index is 0.263. The fraction of sp³-hybridized carbons (Fsp3) is 0.450. The number of hydrogen-bond acceptors (Lipinski definition) is 5. The number of carbonyl (C=O) groups excluding carboxylic acids is 3. The molecular formula is C20H24N5O5S. The van der Waals surface area contributed by atoms with Gasteiger partial charge >= 0.3 is 6.03 Å². The van der Waals surface area contributed by atoms with Crippen molar-refractivity contribution in [3.8, 4) is 0 Å². The molecule has 0 bridgehead atoms. The van der Waals surface area contributed by atoms with Crippen LogP contribution in [0.1, 0.15) is 31.2 Å². The normalized spacial score (nSPS) is 24.7. The Bertz CT molecular complexity index is 1060. The molecule has 1 aromatic rings. The number of amidine groups is 1. The van der Waals surface area contributed by atoms with Crippen LogP contribution in [0.2, 0.25) is 0 Å². The molecule has 165 valence electrons. The fourth-order valence-electron chi connectivity index (χ4n) is 4.38. The van der Waals surface area contributed by atoms with Crippen molar-refractivity contribution in [2.24, 2.45) is 10.1 Å². The van der Waals surface area contributed by atoms with Crippen molar-refractivity contribution < 1.29 is 22.8 Å². The zero-order chi connectivity index (χ0) is 22.4. The second kappa shape index (κ2) is 7.63. The van der Waals surface area contributed by atoms with Crippen molar-refractivity contribution in [2.75, 3.05) is 30.8 Å². The minimum atomic E-state index is -3.62. The second-order valence-electron chi connectivity index (χ2n) is 7.94. The van der Waals surface area contributed by atoms with Crippen molar-refractivity contribution in [1.82, 2.24) is 9.80 Å². The van der Waals surface area contributed by atoms with E-state index in [1.165, 1.54) is 11.3 Å². The molecule has 0 saturated carbocycles. The fourth-order valence-corrected chi connectivity index (χ4v) is 4.91. The van der Waals surface area contributed by atoms with Gasteiger partial charge in [-0.2, -0.15) is 0 Å². The number of urea groups is 1. The van der Waals surface area contributed by atoms with E-state index in [1.54, 1.807) is 24.3 Å². The maximum absolute atomic E-state index is 13.1. The highest BCUT2D eigenvalue weighted by Crippen LogP contribution is 2.38. The average Bonchev–Trinajstić information content (AvgIpc) is 3.33. The number of fused-ring (bicyclic) bond motifs is 1. The first-order valence-corrected chi connectivity index (χ1v) is 12.0. The summed E-state index contributed by atoms with van der Waals surface area (Å²) in [6.07, 6.45) is 5.58. The molecule has 3 heterocycles. The molecule has 0 spiro atoms. The average molecular weight is 447 g/mol. The van der Waals surface area contributed by atoms with E-state index in [9.17, 15) is 22.8 Å². The SMILES string of the molecule is CS(=O)(=O)N=C(c1ccc(N2C(=O)N3CCC[CH][C@]3(C(N)=O)C2=O)cc1)N1CCCC1. The highest BCUT2D eigenvalue weighted by atomic mass is 32.2. The Kier molecular flexibility index (Phi) is 5.24. The third-order valence-electron chi connectivity index (χ3n) is 5.82. The third-order valence-corrected chi connectivity index (χ3v) is 6.32. The molecule has 3 aliphatic rings. The lowest BCUT2D eigenvalue weighted by Crippen LogP contribution is -2.61. The summed E-state index contributed by atoms with van der Waals surface area (Å²) in [5.74, 6) is -1.23. The van der Waals surface area contributed by atoms with E-state index in [1.807, 2.05) is 4.90 Å². The quantitative estimate of drug-likeness (QED) is 0.309. The van der Waals surface area contributed by atoms with Gasteiger partial charge in [-0.05, 0) is 49.9 Å². The van der Waals surface area contributed by atoms with E-state index in [2.05, 4.69) is 4.40 Å². The molecule has 4 rings (SSSR count). The first kappa shape index (κ1) is 21.3. The Labute approximate surface area is 180 Å². The van der Waals surface area contributed by atoms with E-state index < -0.39 is 33.4 Å². The molecule has 3 fully saturated rings. The molecule has 0 aromatic heterocycles. The standard InChI is InChI=1S/C20H24N5O5S/c1-31(29,30)22-16(23-11-4-5-12-23)14-6-8-15(9-7-14)25-18(27)20(17(21)26)10-2-3-13-24(20)19(25)28/h6-10H,2-5,11-13H2,1H3,(H2,21,26)/t20-/m0/s1. The number of benzene rings is 1. The number of anilines is 1. The summed E-state index contributed by atoms with van der Waals surface area (Å²) >= 11 is 0. The highest BCUT2D eigenvalue weighted by Gasteiger charge is 2.62. The Balaban J connectivity index is 1.69. The van der Waals surface area contributed by atoms with Crippen LogP contribution in [0, 0.1) is 6.42 Å². The van der Waals surface area contributed by atoms with Gasteiger partial charge in [-0.1, -0.05) is 0 Å². The lowest BCUT2D eigenvalue weighted by atomic mass is 9.86. The van der Waals surface area contributed by atoms with Crippen molar-refractivity contribution in [3.05, 3.63) is 36.2 Å². The Hall–Kier alpha value is -2.95. The molecule has 1 atom stereocenters. The number of rotatable bonds is 4. The smallest absolute Gasteiger partial charge is 0.332 e. The minimum Gasteiger partial charge on any atom is -0.367 e. The van der Waals surface area contributed by atoms with Gasteiger partial charge in [0.25, 0.3) is 21.8 Å². The number of nitrogens with zero attached hydrogens (tertiary/aromatic N) is 4. The van der Waals surface area contributed by atoms with E-state index in [0.717, 1.165) is 24.0 Å². The van der Waals surface area contributed by atoms with Gasteiger partial charge in [-0.25, -0.2) is 18.1 Å². The number of amides is 4. The molecule has 2 N–H and O–H groups in total. The van der Waals surface area contributed by atoms with Crippen molar-refractivity contribution in [2.45, 2.75) is 31.2 Å². The number of likely N-dealkylation sites (tertiary alicyclic amines) is 1. The molecule has 31 heavy (non-hydrogen) atoms. The topological polar surface area (TPSA) is 133 Å². The van der Waals surface area contributed by atoms with Crippen LogP contribution in [0.25, 0.3) is 0 Å². The first-order valence-electron chi connectivity index (χ1n) is 10.1. The zero-order valence-electron chi connectivity index (χ0n) is 17.2. The van der Waals surface area contributed by atoms with Crippen LogP contribution in [0.4, 0.5) is 10.5 Å². The predicted molar refractivity (Wildman–Crippen MR) is 114 cm³/mol. The van der Waals surface area contributed by atoms with Crippen LogP contribution in [0.3, 0.4) is 0 Å². The van der Waals surface area contributed by atoms with Gasteiger partial charge in [-0.3, -0.25) is 9.59 Å². The lowest BCUT2D eigenvalue weighted by molar-refractivity contribution is -0.136. The van der Waals surface area contributed by atoms with Gasteiger partial charge in [0.1, 0.15) is 5.84 Å². The summed E-state index contributed by atoms with van der Waals surface area (Å²) in [7, 11) is -3.62. The molecule has 0 aliphatic carbocycles. The second-order valence-corrected chi connectivity index (χ2v) is 9.59. The van der Waals surface area contributed by atoms with E-state index in [-0.39, 0.29) is 12.2 Å². The summed E-state index contributed by atoms with van der Waals surface area (Å²) in [5.41, 5.74) is 4.62. The van der Waals surface area contributed by atoms with E-state index >= 15 is 0 Å². The number of nitrogens with two attached hydrogens (primary N) is 1. The summed E-state index contributed by atoms with van der Waals surface area (Å²) in [5, 5.41) is 0. The van der Waals surface area contributed by atoms with Crippen molar-refractivity contribution in [1.29, 1.82) is 0 Å². The molecule has 4 amide bonds. The number of hydrogen-bond donors (Lipinski definition) is 1. The summed E-state index contributed by atoms with van der Waals surface area (Å²) in [4.78, 5) is 42.4. The number of imide groups is 1. The summed E-state index contributed by atoms with van der Waals surface area (Å²) in [6, 6.07) is 5.74. The van der Waals surface area contributed by atoms with Crippen LogP contribution in [0.5, 0.6) is 0 Å². The predicted octanol–water partition coefficient (Wildman–Crippen LogP) is 0.479. The van der Waals surface area contributed by atoms with Crippen LogP contribution >= 0.6 is 0 Å². The molecule has 3 saturated heterocycles. The molecule has 1 aromatic carbocycles. The van der Waals surface area contributed by atoms with E-state index in [0.29, 0.717) is 37.3 Å². The van der Waals surface area contributed by atoms with Crippen LogP contribution < -0.4 is 10.6 Å². The summed E-state index contributed by atoms with van der Waals surface area (Å²) in [6.45, 7) is 1.66. The van der Waals surface area contributed by atoms with Gasteiger partial charge in [0.2, 0.25) is 5.54 Å². The highest BCUT2D eigenvalue weighted by molar-refractivity contribution is 7.89. The van der Waals surface area contributed by atoms with Gasteiger partial charge < -0.3 is 15.5 Å². The number of sulfonamides is 1. The number of carbonyl (C=O) groups is 3. The number of piperidine rings is 1.